The molecule has 0 amide bonds. The van der Waals surface area contributed by atoms with Gasteiger partial charge in [-0.2, -0.15) is 0 Å². The van der Waals surface area contributed by atoms with Crippen molar-refractivity contribution < 1.29 is 79.5 Å². The van der Waals surface area contributed by atoms with Gasteiger partial charge in [0, 0.05) is 0 Å². The van der Waals surface area contributed by atoms with Gasteiger partial charge in [-0.1, -0.05) is 0 Å². The van der Waals surface area contributed by atoms with Crippen molar-refractivity contribution in [3.8, 4) is 23.0 Å². The van der Waals surface area contributed by atoms with Crippen molar-refractivity contribution in [1.29, 1.82) is 0 Å². The second kappa shape index (κ2) is 12.5. The Morgan fingerprint density at radius 3 is 2.05 bits per heavy atom. The molecule has 2 aromatic rings. The molecule has 232 valence electrons. The standard InChI is InChI=1S/C25H30O17/c1-38-23(37)8-2-7-4-10(15(30)17(32)13(7)14(29)9(28)3-8)39-24-21(36)19(34)22(12(6-27)41-24)42-25-20(35)18(33)16(31)11(5-26)40-25/h2-4,11-12,16,18-22,24-27,30-36H,5-6H2,1H3,(H,28,29)/t11-,12-,16-,18+,19-,20-,21-,22-,24-,25-/m1/s1. The number of rotatable bonds is 7. The lowest BCUT2D eigenvalue weighted by atomic mass is 9.97. The number of carbonyl (C=O) groups excluding carboxylic acids is 1. The summed E-state index contributed by atoms with van der Waals surface area (Å²) in [5.74, 6) is -4.64. The molecule has 10 atom stereocenters. The first-order chi connectivity index (χ1) is 19.8. The highest BCUT2D eigenvalue weighted by Crippen LogP contribution is 2.42. The van der Waals surface area contributed by atoms with Gasteiger partial charge in [-0.3, -0.25) is 4.79 Å². The third kappa shape index (κ3) is 5.66. The number of hydrogen-bond acceptors (Lipinski definition) is 17. The Morgan fingerprint density at radius 2 is 1.43 bits per heavy atom. The smallest absolute Gasteiger partial charge is 0.338 e. The number of methoxy groups -OCH3 is 1. The first kappa shape index (κ1) is 31.6. The van der Waals surface area contributed by atoms with Crippen LogP contribution in [0.4, 0.5) is 0 Å². The topological polar surface area (TPSA) is 283 Å². The number of esters is 1. The highest BCUT2D eigenvalue weighted by atomic mass is 16.7. The van der Waals surface area contributed by atoms with Crippen LogP contribution in [0, 0.1) is 0 Å². The Labute approximate surface area is 235 Å². The fourth-order valence-electron chi connectivity index (χ4n) is 4.66. The van der Waals surface area contributed by atoms with Crippen LogP contribution in [-0.2, 0) is 18.9 Å². The van der Waals surface area contributed by atoms with Crippen LogP contribution in [0.15, 0.2) is 23.0 Å². The summed E-state index contributed by atoms with van der Waals surface area (Å²) in [5, 5.41) is 101. The van der Waals surface area contributed by atoms with Crippen LogP contribution in [-0.4, -0.2) is 139 Å². The third-order valence-corrected chi connectivity index (χ3v) is 6.96. The summed E-state index contributed by atoms with van der Waals surface area (Å²) in [6.07, 6.45) is -17.5. The van der Waals surface area contributed by atoms with Gasteiger partial charge in [0.25, 0.3) is 0 Å². The number of ether oxygens (including phenoxy) is 5. The van der Waals surface area contributed by atoms with Gasteiger partial charge in [-0.15, -0.1) is 0 Å². The lowest BCUT2D eigenvalue weighted by Crippen LogP contribution is -2.65. The van der Waals surface area contributed by atoms with Crippen molar-refractivity contribution >= 4 is 16.7 Å². The van der Waals surface area contributed by atoms with Crippen molar-refractivity contribution in [3.63, 3.8) is 0 Å². The second-order valence-corrected chi connectivity index (χ2v) is 9.61. The molecule has 0 spiro atoms. The maximum atomic E-state index is 12.6. The minimum atomic E-state index is -2.00. The van der Waals surface area contributed by atoms with E-state index in [9.17, 15) is 60.7 Å². The highest BCUT2D eigenvalue weighted by Gasteiger charge is 2.51. The number of fused-ring (bicyclic) bond motifs is 1. The minimum absolute atomic E-state index is 0.223. The van der Waals surface area contributed by atoms with Crippen LogP contribution in [0.5, 0.6) is 23.0 Å². The molecule has 17 nitrogen and oxygen atoms in total. The van der Waals surface area contributed by atoms with E-state index >= 15 is 0 Å². The van der Waals surface area contributed by atoms with Gasteiger partial charge in [0.1, 0.15) is 48.8 Å². The first-order valence-corrected chi connectivity index (χ1v) is 12.4. The van der Waals surface area contributed by atoms with Gasteiger partial charge in [-0.05, 0) is 23.6 Å². The Balaban J connectivity index is 1.63. The van der Waals surface area contributed by atoms with Crippen molar-refractivity contribution in [3.05, 3.63) is 34.0 Å². The number of benzene rings is 1. The molecule has 2 heterocycles. The zero-order valence-corrected chi connectivity index (χ0v) is 21.7. The molecule has 2 aliphatic rings. The molecule has 0 bridgehead atoms. The Bertz CT molecular complexity index is 1360. The van der Waals surface area contributed by atoms with Crippen molar-refractivity contribution in [1.82, 2.24) is 0 Å². The molecule has 2 aromatic carbocycles. The molecule has 0 radical (unpaired) electrons. The fraction of sp³-hybridized carbons (Fsp3) is 0.520. The summed E-state index contributed by atoms with van der Waals surface area (Å²) < 4.78 is 26.2. The molecule has 0 aliphatic carbocycles. The van der Waals surface area contributed by atoms with Crippen LogP contribution in [0.1, 0.15) is 10.4 Å². The number of aromatic hydroxyl groups is 3. The zero-order chi connectivity index (χ0) is 31.0. The van der Waals surface area contributed by atoms with E-state index in [1.165, 1.54) is 0 Å². The van der Waals surface area contributed by atoms with E-state index in [-0.39, 0.29) is 10.9 Å². The van der Waals surface area contributed by atoms with Crippen LogP contribution < -0.4 is 10.2 Å². The van der Waals surface area contributed by atoms with E-state index in [0.29, 0.717) is 0 Å². The number of carbonyl (C=O) groups is 1. The maximum Gasteiger partial charge on any atom is 0.338 e. The molecule has 42 heavy (non-hydrogen) atoms. The maximum absolute atomic E-state index is 12.6. The van der Waals surface area contributed by atoms with Crippen LogP contribution in [0.3, 0.4) is 0 Å². The van der Waals surface area contributed by atoms with Crippen LogP contribution in [0.25, 0.3) is 10.8 Å². The number of phenolic OH excluding ortho intramolecular Hbond substituents is 2. The van der Waals surface area contributed by atoms with Gasteiger partial charge in [0.15, 0.2) is 23.5 Å². The zero-order valence-electron chi connectivity index (χ0n) is 21.7. The van der Waals surface area contributed by atoms with Gasteiger partial charge in [0.2, 0.25) is 17.5 Å². The summed E-state index contributed by atoms with van der Waals surface area (Å²) in [7, 11) is 1.05. The van der Waals surface area contributed by atoms with E-state index in [2.05, 4.69) is 4.74 Å². The van der Waals surface area contributed by atoms with Crippen LogP contribution in [0.2, 0.25) is 0 Å². The lowest BCUT2D eigenvalue weighted by Gasteiger charge is -2.45. The highest BCUT2D eigenvalue weighted by molar-refractivity contribution is 5.98. The summed E-state index contributed by atoms with van der Waals surface area (Å²) >= 11 is 0. The monoisotopic (exact) mass is 602 g/mol. The van der Waals surface area contributed by atoms with E-state index < -0.39 is 114 Å². The predicted octanol–water partition coefficient (Wildman–Crippen LogP) is -3.89. The normalized spacial score (nSPS) is 33.3. The van der Waals surface area contributed by atoms with Crippen LogP contribution >= 0.6 is 0 Å². The fourth-order valence-corrected chi connectivity index (χ4v) is 4.66. The quantitative estimate of drug-likeness (QED) is 0.107. The number of hydrogen-bond donors (Lipinski definition) is 10. The molecular formula is C25H30O17. The SMILES string of the molecule is COC(=O)c1cc(O)c(=O)c2c(O)c(O)c(O[C@@H]3O[C@H](CO)[C@@H](O[C@H]4O[C@H](CO)[C@@H](O)[C@H](O)[C@H]4O)[C@H](O)[C@H]3O)cc2c1. The number of phenols is 2. The molecule has 2 saturated heterocycles. The van der Waals surface area contributed by atoms with Gasteiger partial charge >= 0.3 is 5.97 Å². The summed E-state index contributed by atoms with van der Waals surface area (Å²) in [6.45, 7) is -1.65. The van der Waals surface area contributed by atoms with E-state index in [1.807, 2.05) is 0 Å². The first-order valence-electron chi connectivity index (χ1n) is 12.4. The van der Waals surface area contributed by atoms with Gasteiger partial charge in [0.05, 0.1) is 31.3 Å². The average Bonchev–Trinajstić information content (AvgIpc) is 3.10. The lowest BCUT2D eigenvalue weighted by molar-refractivity contribution is -0.352. The molecule has 4 rings (SSSR count). The predicted molar refractivity (Wildman–Crippen MR) is 134 cm³/mol. The Hall–Kier alpha value is -3.36. The second-order valence-electron chi connectivity index (χ2n) is 9.61. The average molecular weight is 602 g/mol. The third-order valence-electron chi connectivity index (χ3n) is 6.96. The Kier molecular flexibility index (Phi) is 9.38. The van der Waals surface area contributed by atoms with Crippen molar-refractivity contribution in [2.75, 3.05) is 20.3 Å². The van der Waals surface area contributed by atoms with E-state index in [1.54, 1.807) is 0 Å². The molecule has 2 fully saturated rings. The summed E-state index contributed by atoms with van der Waals surface area (Å²) in [5.41, 5.74) is -1.46. The molecule has 2 aliphatic heterocycles. The molecule has 0 aromatic heterocycles. The van der Waals surface area contributed by atoms with Crippen molar-refractivity contribution in [2.24, 2.45) is 0 Å². The summed E-state index contributed by atoms with van der Waals surface area (Å²) in [4.78, 5) is 24.7. The van der Waals surface area contributed by atoms with Gasteiger partial charge in [-0.25, -0.2) is 4.79 Å². The number of aliphatic hydroxyl groups excluding tert-OH is 7. The molecule has 0 unspecified atom stereocenters. The van der Waals surface area contributed by atoms with Gasteiger partial charge < -0.3 is 74.7 Å². The van der Waals surface area contributed by atoms with Crippen molar-refractivity contribution in [2.45, 2.75) is 61.4 Å². The molecule has 0 saturated carbocycles. The summed E-state index contributed by atoms with van der Waals surface area (Å²) in [6, 6.07) is 2.80. The Morgan fingerprint density at radius 1 is 0.810 bits per heavy atom. The minimum Gasteiger partial charge on any atom is -0.504 e. The molecular weight excluding hydrogens is 572 g/mol. The molecule has 10 N–H and O–H groups in total. The van der Waals surface area contributed by atoms with E-state index in [0.717, 1.165) is 25.3 Å². The largest absolute Gasteiger partial charge is 0.504 e. The van der Waals surface area contributed by atoms with E-state index in [4.69, 9.17) is 18.9 Å². The number of aliphatic hydroxyl groups is 7. The molecule has 17 heteroatoms.